The molecule has 2 atom stereocenters. The minimum atomic E-state index is -0.197. The number of rotatable bonds is 9. The zero-order valence-corrected chi connectivity index (χ0v) is 12.5. The van der Waals surface area contributed by atoms with Crippen molar-refractivity contribution in [2.75, 3.05) is 20.3 Å². The monoisotopic (exact) mass is 290 g/mol. The summed E-state index contributed by atoms with van der Waals surface area (Å²) in [6, 6.07) is -0.197. The van der Waals surface area contributed by atoms with Crippen LogP contribution in [0.2, 0.25) is 5.02 Å². The SMILES string of the molecule is CCOC(CC)C(NN)c1c(Cl)cnn1CCOC. The van der Waals surface area contributed by atoms with Gasteiger partial charge in [-0.2, -0.15) is 5.10 Å². The van der Waals surface area contributed by atoms with Crippen LogP contribution < -0.4 is 11.3 Å². The number of nitrogens with two attached hydrogens (primary N) is 1. The van der Waals surface area contributed by atoms with Crippen LogP contribution in [0.25, 0.3) is 0 Å². The van der Waals surface area contributed by atoms with Crippen LogP contribution in [0.4, 0.5) is 0 Å². The van der Waals surface area contributed by atoms with Crippen LogP contribution >= 0.6 is 11.6 Å². The van der Waals surface area contributed by atoms with E-state index in [1.54, 1.807) is 18.0 Å². The predicted octanol–water partition coefficient (Wildman–Crippen LogP) is 1.50. The number of aromatic nitrogens is 2. The molecule has 0 bridgehead atoms. The molecule has 6 nitrogen and oxygen atoms in total. The van der Waals surface area contributed by atoms with Gasteiger partial charge < -0.3 is 9.47 Å². The normalized spacial score (nSPS) is 14.6. The summed E-state index contributed by atoms with van der Waals surface area (Å²) in [5, 5.41) is 4.83. The molecule has 1 aromatic heterocycles. The lowest BCUT2D eigenvalue weighted by atomic mass is 10.1. The fourth-order valence-corrected chi connectivity index (χ4v) is 2.32. The van der Waals surface area contributed by atoms with Crippen LogP contribution in [0, 0.1) is 0 Å². The Hall–Kier alpha value is -0.660. The van der Waals surface area contributed by atoms with Crippen molar-refractivity contribution in [3.05, 3.63) is 16.9 Å². The van der Waals surface area contributed by atoms with Gasteiger partial charge in [-0.05, 0) is 13.3 Å². The summed E-state index contributed by atoms with van der Waals surface area (Å²) in [7, 11) is 1.65. The zero-order valence-electron chi connectivity index (χ0n) is 11.7. The van der Waals surface area contributed by atoms with Crippen molar-refractivity contribution in [2.45, 2.75) is 39.0 Å². The molecule has 1 heterocycles. The van der Waals surface area contributed by atoms with E-state index in [2.05, 4.69) is 17.4 Å². The molecule has 0 aliphatic heterocycles. The first-order valence-electron chi connectivity index (χ1n) is 6.47. The molecule has 1 rings (SSSR count). The molecule has 0 spiro atoms. The van der Waals surface area contributed by atoms with Crippen molar-refractivity contribution < 1.29 is 9.47 Å². The van der Waals surface area contributed by atoms with Crippen molar-refractivity contribution in [3.63, 3.8) is 0 Å². The molecule has 0 saturated carbocycles. The summed E-state index contributed by atoms with van der Waals surface area (Å²) in [5.74, 6) is 5.68. The second-order valence-corrected chi connectivity index (χ2v) is 4.55. The fourth-order valence-electron chi connectivity index (χ4n) is 2.06. The number of nitrogens with zero attached hydrogens (tertiary/aromatic N) is 2. The molecule has 19 heavy (non-hydrogen) atoms. The standard InChI is InChI=1S/C12H23ClN4O2/c1-4-10(19-5-2)11(16-14)12-9(13)8-15-17(12)6-7-18-3/h8,10-11,16H,4-7,14H2,1-3H3. The summed E-state index contributed by atoms with van der Waals surface area (Å²) in [5.41, 5.74) is 3.62. The average Bonchev–Trinajstić information content (AvgIpc) is 2.78. The maximum atomic E-state index is 6.22. The second kappa shape index (κ2) is 8.50. The molecule has 1 aromatic rings. The molecule has 0 radical (unpaired) electrons. The van der Waals surface area contributed by atoms with Gasteiger partial charge in [0.1, 0.15) is 0 Å². The van der Waals surface area contributed by atoms with E-state index in [1.807, 2.05) is 6.92 Å². The fraction of sp³-hybridized carbons (Fsp3) is 0.750. The molecule has 2 unspecified atom stereocenters. The minimum Gasteiger partial charge on any atom is -0.383 e. The first-order valence-corrected chi connectivity index (χ1v) is 6.85. The third-order valence-corrected chi connectivity index (χ3v) is 3.26. The van der Waals surface area contributed by atoms with Gasteiger partial charge >= 0.3 is 0 Å². The molecule has 0 aliphatic carbocycles. The number of ether oxygens (including phenoxy) is 2. The molecule has 0 saturated heterocycles. The first kappa shape index (κ1) is 16.4. The lowest BCUT2D eigenvalue weighted by molar-refractivity contribution is 0.0287. The molecule has 7 heteroatoms. The molecule has 0 aliphatic rings. The largest absolute Gasteiger partial charge is 0.383 e. The number of hydrogen-bond donors (Lipinski definition) is 2. The van der Waals surface area contributed by atoms with Crippen LogP contribution in [0.15, 0.2) is 6.20 Å². The highest BCUT2D eigenvalue weighted by molar-refractivity contribution is 6.31. The molecule has 0 amide bonds. The Labute approximate surface area is 119 Å². The minimum absolute atomic E-state index is 0.0505. The summed E-state index contributed by atoms with van der Waals surface area (Å²) in [6.45, 7) is 5.82. The Morgan fingerprint density at radius 2 is 2.26 bits per heavy atom. The van der Waals surface area contributed by atoms with Gasteiger partial charge in [-0.15, -0.1) is 0 Å². The average molecular weight is 291 g/mol. The van der Waals surface area contributed by atoms with Crippen molar-refractivity contribution in [3.8, 4) is 0 Å². The van der Waals surface area contributed by atoms with E-state index in [-0.39, 0.29) is 12.1 Å². The van der Waals surface area contributed by atoms with E-state index < -0.39 is 0 Å². The van der Waals surface area contributed by atoms with Crippen molar-refractivity contribution >= 4 is 11.6 Å². The number of methoxy groups -OCH3 is 1. The van der Waals surface area contributed by atoms with Crippen LogP contribution in [0.5, 0.6) is 0 Å². The van der Waals surface area contributed by atoms with Gasteiger partial charge in [-0.1, -0.05) is 18.5 Å². The van der Waals surface area contributed by atoms with Crippen LogP contribution in [0.1, 0.15) is 32.0 Å². The highest BCUT2D eigenvalue weighted by atomic mass is 35.5. The lowest BCUT2D eigenvalue weighted by Gasteiger charge is -2.26. The Kier molecular flexibility index (Phi) is 7.33. The smallest absolute Gasteiger partial charge is 0.0905 e. The summed E-state index contributed by atoms with van der Waals surface area (Å²) in [6.07, 6.45) is 2.40. The Morgan fingerprint density at radius 3 is 2.79 bits per heavy atom. The molecular weight excluding hydrogens is 268 g/mol. The van der Waals surface area contributed by atoms with E-state index in [1.165, 1.54) is 0 Å². The molecule has 0 aromatic carbocycles. The third kappa shape index (κ3) is 4.15. The van der Waals surface area contributed by atoms with Gasteiger partial charge in [-0.25, -0.2) is 5.43 Å². The van der Waals surface area contributed by atoms with Gasteiger partial charge in [0.05, 0.1) is 42.2 Å². The summed E-state index contributed by atoms with van der Waals surface area (Å²) >= 11 is 6.22. The highest BCUT2D eigenvalue weighted by Gasteiger charge is 2.27. The van der Waals surface area contributed by atoms with Crippen molar-refractivity contribution in [1.82, 2.24) is 15.2 Å². The summed E-state index contributed by atoms with van der Waals surface area (Å²) in [4.78, 5) is 0. The third-order valence-electron chi connectivity index (χ3n) is 2.97. The van der Waals surface area contributed by atoms with Crippen LogP contribution in [0.3, 0.4) is 0 Å². The quantitative estimate of drug-likeness (QED) is 0.532. The van der Waals surface area contributed by atoms with Crippen LogP contribution in [-0.2, 0) is 16.0 Å². The Bertz CT molecular complexity index is 373. The van der Waals surface area contributed by atoms with Crippen molar-refractivity contribution in [1.29, 1.82) is 0 Å². The van der Waals surface area contributed by atoms with E-state index in [0.29, 0.717) is 24.8 Å². The van der Waals surface area contributed by atoms with Crippen LogP contribution in [-0.4, -0.2) is 36.2 Å². The number of halogens is 1. The number of hydrazine groups is 1. The molecular formula is C12H23ClN4O2. The van der Waals surface area contributed by atoms with E-state index in [4.69, 9.17) is 26.9 Å². The molecule has 0 fully saturated rings. The number of nitrogens with one attached hydrogen (secondary N) is 1. The number of hydrogen-bond acceptors (Lipinski definition) is 5. The van der Waals surface area contributed by atoms with Gasteiger partial charge in [0, 0.05) is 13.7 Å². The van der Waals surface area contributed by atoms with E-state index in [0.717, 1.165) is 12.1 Å². The van der Waals surface area contributed by atoms with Gasteiger partial charge in [0.2, 0.25) is 0 Å². The topological polar surface area (TPSA) is 74.3 Å². The van der Waals surface area contributed by atoms with Gasteiger partial charge in [-0.3, -0.25) is 10.5 Å². The molecule has 3 N–H and O–H groups in total. The first-order chi connectivity index (χ1) is 9.19. The van der Waals surface area contributed by atoms with Crippen molar-refractivity contribution in [2.24, 2.45) is 5.84 Å². The predicted molar refractivity (Wildman–Crippen MR) is 74.9 cm³/mol. The van der Waals surface area contributed by atoms with Gasteiger partial charge in [0.25, 0.3) is 0 Å². The maximum Gasteiger partial charge on any atom is 0.0905 e. The zero-order chi connectivity index (χ0) is 14.3. The van der Waals surface area contributed by atoms with Gasteiger partial charge in [0.15, 0.2) is 0 Å². The lowest BCUT2D eigenvalue weighted by Crippen LogP contribution is -2.39. The van der Waals surface area contributed by atoms with E-state index >= 15 is 0 Å². The Morgan fingerprint density at radius 1 is 1.53 bits per heavy atom. The van der Waals surface area contributed by atoms with E-state index in [9.17, 15) is 0 Å². The second-order valence-electron chi connectivity index (χ2n) is 4.14. The highest BCUT2D eigenvalue weighted by Crippen LogP contribution is 2.27. The molecule has 110 valence electrons. The summed E-state index contributed by atoms with van der Waals surface area (Å²) < 4.78 is 12.6. The maximum absolute atomic E-state index is 6.22. The Balaban J connectivity index is 2.98.